The van der Waals surface area contributed by atoms with Crippen molar-refractivity contribution in [1.82, 2.24) is 15.0 Å². The highest BCUT2D eigenvalue weighted by Crippen LogP contribution is 2.21. The Bertz CT molecular complexity index is 573. The molecule has 0 spiro atoms. The van der Waals surface area contributed by atoms with Gasteiger partial charge in [-0.05, 0) is 18.1 Å². The highest BCUT2D eigenvalue weighted by molar-refractivity contribution is 5.38. The van der Waals surface area contributed by atoms with Gasteiger partial charge in [-0.3, -0.25) is 4.98 Å². The van der Waals surface area contributed by atoms with Crippen LogP contribution in [-0.4, -0.2) is 21.5 Å². The highest BCUT2D eigenvalue weighted by atomic mass is 15.0. The first-order chi connectivity index (χ1) is 9.99. The molecule has 0 radical (unpaired) electrons. The van der Waals surface area contributed by atoms with Crippen molar-refractivity contribution in [3.63, 3.8) is 0 Å². The highest BCUT2D eigenvalue weighted by Gasteiger charge is 2.19. The Hall–Kier alpha value is -1.97. The molecule has 21 heavy (non-hydrogen) atoms. The predicted molar refractivity (Wildman–Crippen MR) is 86.6 cm³/mol. The summed E-state index contributed by atoms with van der Waals surface area (Å²) in [4.78, 5) is 13.5. The standard InChI is InChI=1S/C17H24N4/c1-5-8-19-15-11-14(10-13-7-6-9-18-12-13)20-16(21-15)17(2,3)4/h6-7,9,11-12H,5,8,10H2,1-4H3,(H,19,20,21). The van der Waals surface area contributed by atoms with Crippen molar-refractivity contribution in [2.24, 2.45) is 0 Å². The van der Waals surface area contributed by atoms with Gasteiger partial charge in [0.2, 0.25) is 0 Å². The third kappa shape index (κ3) is 4.52. The average molecular weight is 284 g/mol. The summed E-state index contributed by atoms with van der Waals surface area (Å²) in [5, 5.41) is 3.37. The fourth-order valence-corrected chi connectivity index (χ4v) is 1.98. The molecule has 2 aromatic rings. The Balaban J connectivity index is 2.30. The summed E-state index contributed by atoms with van der Waals surface area (Å²) >= 11 is 0. The molecule has 0 aliphatic carbocycles. The van der Waals surface area contributed by atoms with Gasteiger partial charge in [-0.2, -0.15) is 0 Å². The van der Waals surface area contributed by atoms with Crippen LogP contribution in [0, 0.1) is 0 Å². The molecule has 1 N–H and O–H groups in total. The Morgan fingerprint density at radius 3 is 2.62 bits per heavy atom. The van der Waals surface area contributed by atoms with Gasteiger partial charge in [-0.1, -0.05) is 33.8 Å². The lowest BCUT2D eigenvalue weighted by Crippen LogP contribution is -2.18. The third-order valence-electron chi connectivity index (χ3n) is 3.11. The van der Waals surface area contributed by atoms with Gasteiger partial charge in [-0.15, -0.1) is 0 Å². The maximum Gasteiger partial charge on any atom is 0.136 e. The summed E-state index contributed by atoms with van der Waals surface area (Å²) in [5.41, 5.74) is 2.13. The zero-order chi connectivity index (χ0) is 15.3. The summed E-state index contributed by atoms with van der Waals surface area (Å²) in [6.45, 7) is 9.49. The molecule has 0 bridgehead atoms. The lowest BCUT2D eigenvalue weighted by Gasteiger charge is -2.19. The van der Waals surface area contributed by atoms with Crippen LogP contribution in [0.15, 0.2) is 30.6 Å². The predicted octanol–water partition coefficient (Wildman–Crippen LogP) is 3.58. The number of hydrogen-bond acceptors (Lipinski definition) is 4. The summed E-state index contributed by atoms with van der Waals surface area (Å²) in [6, 6.07) is 6.07. The van der Waals surface area contributed by atoms with Crippen molar-refractivity contribution in [2.75, 3.05) is 11.9 Å². The summed E-state index contributed by atoms with van der Waals surface area (Å²) in [7, 11) is 0. The van der Waals surface area contributed by atoms with Crippen molar-refractivity contribution in [3.05, 3.63) is 47.7 Å². The molecule has 112 valence electrons. The van der Waals surface area contributed by atoms with E-state index in [0.29, 0.717) is 0 Å². The van der Waals surface area contributed by atoms with Gasteiger partial charge >= 0.3 is 0 Å². The van der Waals surface area contributed by atoms with Crippen molar-refractivity contribution in [3.8, 4) is 0 Å². The van der Waals surface area contributed by atoms with Crippen LogP contribution in [-0.2, 0) is 11.8 Å². The first-order valence-electron chi connectivity index (χ1n) is 7.50. The van der Waals surface area contributed by atoms with Crippen LogP contribution < -0.4 is 5.32 Å². The number of nitrogens with one attached hydrogen (secondary N) is 1. The normalized spacial score (nSPS) is 11.4. The molecular weight excluding hydrogens is 260 g/mol. The lowest BCUT2D eigenvalue weighted by atomic mass is 9.95. The molecule has 0 amide bonds. The second kappa shape index (κ2) is 6.66. The van der Waals surface area contributed by atoms with E-state index in [2.05, 4.69) is 49.0 Å². The minimum atomic E-state index is -0.0619. The minimum Gasteiger partial charge on any atom is -0.370 e. The molecule has 2 heterocycles. The Morgan fingerprint density at radius 2 is 2.00 bits per heavy atom. The van der Waals surface area contributed by atoms with E-state index in [4.69, 9.17) is 4.98 Å². The van der Waals surface area contributed by atoms with Crippen LogP contribution in [0.3, 0.4) is 0 Å². The Morgan fingerprint density at radius 1 is 1.19 bits per heavy atom. The molecule has 4 nitrogen and oxygen atoms in total. The maximum absolute atomic E-state index is 4.73. The van der Waals surface area contributed by atoms with Gasteiger partial charge in [0.25, 0.3) is 0 Å². The smallest absolute Gasteiger partial charge is 0.136 e. The molecule has 0 saturated heterocycles. The van der Waals surface area contributed by atoms with Crippen LogP contribution >= 0.6 is 0 Å². The van der Waals surface area contributed by atoms with E-state index in [9.17, 15) is 0 Å². The van der Waals surface area contributed by atoms with E-state index in [1.54, 1.807) is 6.20 Å². The zero-order valence-electron chi connectivity index (χ0n) is 13.3. The molecule has 0 saturated carbocycles. The number of anilines is 1. The van der Waals surface area contributed by atoms with E-state index in [0.717, 1.165) is 42.3 Å². The summed E-state index contributed by atoms with van der Waals surface area (Å²) in [6.07, 6.45) is 5.53. The van der Waals surface area contributed by atoms with E-state index < -0.39 is 0 Å². The molecule has 0 aliphatic heterocycles. The monoisotopic (exact) mass is 284 g/mol. The molecule has 0 unspecified atom stereocenters. The van der Waals surface area contributed by atoms with Crippen LogP contribution in [0.4, 0.5) is 5.82 Å². The van der Waals surface area contributed by atoms with Crippen molar-refractivity contribution < 1.29 is 0 Å². The van der Waals surface area contributed by atoms with Gasteiger partial charge < -0.3 is 5.32 Å². The number of aromatic nitrogens is 3. The van der Waals surface area contributed by atoms with Crippen molar-refractivity contribution in [2.45, 2.75) is 46.0 Å². The van der Waals surface area contributed by atoms with Crippen molar-refractivity contribution >= 4 is 5.82 Å². The molecule has 0 fully saturated rings. The zero-order valence-corrected chi connectivity index (χ0v) is 13.3. The minimum absolute atomic E-state index is 0.0619. The molecule has 4 heteroatoms. The van der Waals surface area contributed by atoms with E-state index in [-0.39, 0.29) is 5.41 Å². The number of hydrogen-bond donors (Lipinski definition) is 1. The van der Waals surface area contributed by atoms with Crippen LogP contribution in [0.2, 0.25) is 0 Å². The number of rotatable bonds is 5. The quantitative estimate of drug-likeness (QED) is 0.911. The van der Waals surface area contributed by atoms with Gasteiger partial charge in [0, 0.05) is 36.8 Å². The molecule has 2 rings (SSSR count). The second-order valence-corrected chi connectivity index (χ2v) is 6.28. The molecule has 0 aromatic carbocycles. The second-order valence-electron chi connectivity index (χ2n) is 6.28. The number of nitrogens with zero attached hydrogens (tertiary/aromatic N) is 3. The fraction of sp³-hybridized carbons (Fsp3) is 0.471. The first-order valence-corrected chi connectivity index (χ1v) is 7.50. The van der Waals surface area contributed by atoms with E-state index in [1.807, 2.05) is 18.3 Å². The largest absolute Gasteiger partial charge is 0.370 e. The maximum atomic E-state index is 4.73. The van der Waals surface area contributed by atoms with Gasteiger partial charge in [0.05, 0.1) is 5.69 Å². The summed E-state index contributed by atoms with van der Waals surface area (Å²) in [5.74, 6) is 1.79. The SMILES string of the molecule is CCCNc1cc(Cc2cccnc2)nc(C(C)(C)C)n1. The molecule has 2 aromatic heterocycles. The van der Waals surface area contributed by atoms with E-state index >= 15 is 0 Å². The summed E-state index contributed by atoms with van der Waals surface area (Å²) < 4.78 is 0. The van der Waals surface area contributed by atoms with E-state index in [1.165, 1.54) is 0 Å². The third-order valence-corrected chi connectivity index (χ3v) is 3.11. The van der Waals surface area contributed by atoms with Gasteiger partial charge in [-0.25, -0.2) is 9.97 Å². The number of pyridine rings is 1. The topological polar surface area (TPSA) is 50.7 Å². The van der Waals surface area contributed by atoms with Crippen LogP contribution in [0.25, 0.3) is 0 Å². The van der Waals surface area contributed by atoms with Crippen LogP contribution in [0.1, 0.15) is 51.2 Å². The van der Waals surface area contributed by atoms with Crippen molar-refractivity contribution in [1.29, 1.82) is 0 Å². The Labute approximate surface area is 127 Å². The van der Waals surface area contributed by atoms with Crippen LogP contribution in [0.5, 0.6) is 0 Å². The first kappa shape index (κ1) is 15.4. The Kier molecular flexibility index (Phi) is 4.89. The average Bonchev–Trinajstić information content (AvgIpc) is 2.45. The fourth-order valence-electron chi connectivity index (χ4n) is 1.98. The molecular formula is C17H24N4. The molecule has 0 atom stereocenters. The lowest BCUT2D eigenvalue weighted by molar-refractivity contribution is 0.542. The molecule has 0 aliphatic rings. The van der Waals surface area contributed by atoms with Gasteiger partial charge in [0.1, 0.15) is 11.6 Å². The van der Waals surface area contributed by atoms with Gasteiger partial charge in [0.15, 0.2) is 0 Å².